The van der Waals surface area contributed by atoms with Gasteiger partial charge in [0.1, 0.15) is 0 Å². The highest BCUT2D eigenvalue weighted by Crippen LogP contribution is 2.39. The van der Waals surface area contributed by atoms with Gasteiger partial charge in [0, 0.05) is 28.4 Å². The molecule has 1 aromatic heterocycles. The van der Waals surface area contributed by atoms with Gasteiger partial charge in [-0.1, -0.05) is 16.8 Å². The van der Waals surface area contributed by atoms with E-state index in [1.165, 1.54) is 0 Å². The zero-order chi connectivity index (χ0) is 20.4. The fourth-order valence-corrected chi connectivity index (χ4v) is 3.54. The van der Waals surface area contributed by atoms with Crippen molar-refractivity contribution >= 4 is 28.9 Å². The summed E-state index contributed by atoms with van der Waals surface area (Å²) < 4.78 is 1.88. The number of anilines is 2. The normalized spacial score (nSPS) is 12.9. The molecule has 0 unspecified atom stereocenters. The number of rotatable bonds is 5. The second kappa shape index (κ2) is 8.20. The molecule has 150 valence electrons. The lowest BCUT2D eigenvalue weighted by Gasteiger charge is -2.25. The number of aliphatic hydroxyl groups is 1. The standard InChI is InChI=1S/C20H20ClN5O3/c1-13-19-17-7-2-14(20(28)23-29-11-10-27)12-18(17)25(8-9-26(19)24-22-13)16-5-3-15(21)4-6-16/h2-7,12,27H,8-11H2,1H3,(H,23,28). The Morgan fingerprint density at radius 2 is 2.03 bits per heavy atom. The number of halogens is 1. The van der Waals surface area contributed by atoms with Gasteiger partial charge in [-0.15, -0.1) is 5.10 Å². The Kier molecular flexibility index (Phi) is 5.48. The van der Waals surface area contributed by atoms with E-state index in [9.17, 15) is 4.79 Å². The summed E-state index contributed by atoms with van der Waals surface area (Å²) in [6, 6.07) is 13.0. The van der Waals surface area contributed by atoms with Crippen LogP contribution < -0.4 is 10.4 Å². The SMILES string of the molecule is Cc1nnn2c1-c1ccc(C(=O)NOCCO)cc1N(c1ccc(Cl)cc1)CC2. The third kappa shape index (κ3) is 3.82. The summed E-state index contributed by atoms with van der Waals surface area (Å²) in [5, 5.41) is 17.9. The Morgan fingerprint density at radius 3 is 2.79 bits per heavy atom. The number of benzene rings is 2. The Balaban J connectivity index is 1.79. The minimum atomic E-state index is -0.384. The van der Waals surface area contributed by atoms with Crippen LogP contribution in [-0.4, -0.2) is 45.8 Å². The second-order valence-electron chi connectivity index (χ2n) is 6.61. The van der Waals surface area contributed by atoms with Gasteiger partial charge in [0.05, 0.1) is 36.8 Å². The van der Waals surface area contributed by atoms with Crippen molar-refractivity contribution in [3.05, 3.63) is 58.7 Å². The van der Waals surface area contributed by atoms with Gasteiger partial charge in [-0.3, -0.25) is 9.63 Å². The first-order valence-corrected chi connectivity index (χ1v) is 9.57. The highest BCUT2D eigenvalue weighted by Gasteiger charge is 2.25. The number of aromatic nitrogens is 3. The van der Waals surface area contributed by atoms with E-state index < -0.39 is 0 Å². The molecule has 2 heterocycles. The number of nitrogens with one attached hydrogen (secondary N) is 1. The van der Waals surface area contributed by atoms with Gasteiger partial charge in [-0.05, 0) is 49.4 Å². The van der Waals surface area contributed by atoms with Crippen molar-refractivity contribution in [1.82, 2.24) is 20.5 Å². The summed E-state index contributed by atoms with van der Waals surface area (Å²) >= 11 is 6.06. The molecular weight excluding hydrogens is 394 g/mol. The number of hydrogen-bond donors (Lipinski definition) is 2. The van der Waals surface area contributed by atoms with Crippen molar-refractivity contribution in [2.24, 2.45) is 0 Å². The summed E-state index contributed by atoms with van der Waals surface area (Å²) in [7, 11) is 0. The van der Waals surface area contributed by atoms with E-state index in [1.54, 1.807) is 6.07 Å². The lowest BCUT2D eigenvalue weighted by atomic mass is 10.0. The van der Waals surface area contributed by atoms with Crippen LogP contribution in [0.1, 0.15) is 16.1 Å². The first-order valence-electron chi connectivity index (χ1n) is 9.19. The highest BCUT2D eigenvalue weighted by molar-refractivity contribution is 6.30. The number of carbonyl (C=O) groups excluding carboxylic acids is 1. The molecule has 0 radical (unpaired) electrons. The van der Waals surface area contributed by atoms with Gasteiger partial charge >= 0.3 is 0 Å². The molecular formula is C20H20ClN5O3. The van der Waals surface area contributed by atoms with Crippen molar-refractivity contribution in [3.8, 4) is 11.3 Å². The number of carbonyl (C=O) groups is 1. The maximum absolute atomic E-state index is 12.5. The van der Waals surface area contributed by atoms with Crippen LogP contribution >= 0.6 is 11.6 Å². The molecule has 3 aromatic rings. The maximum atomic E-state index is 12.5. The summed E-state index contributed by atoms with van der Waals surface area (Å²) in [5.74, 6) is -0.384. The molecule has 0 aliphatic carbocycles. The lowest BCUT2D eigenvalue weighted by Crippen LogP contribution is -2.26. The Bertz CT molecular complexity index is 1040. The van der Waals surface area contributed by atoms with Gasteiger partial charge in [0.25, 0.3) is 5.91 Å². The van der Waals surface area contributed by atoms with E-state index in [-0.39, 0.29) is 19.1 Å². The summed E-state index contributed by atoms with van der Waals surface area (Å²) in [4.78, 5) is 19.5. The lowest BCUT2D eigenvalue weighted by molar-refractivity contribution is 0.0168. The number of nitrogens with zero attached hydrogens (tertiary/aromatic N) is 4. The van der Waals surface area contributed by atoms with E-state index in [2.05, 4.69) is 20.7 Å². The molecule has 4 rings (SSSR count). The van der Waals surface area contributed by atoms with Crippen LogP contribution in [-0.2, 0) is 11.4 Å². The number of fused-ring (bicyclic) bond motifs is 3. The number of amides is 1. The van der Waals surface area contributed by atoms with Crippen LogP contribution in [0.3, 0.4) is 0 Å². The first kappa shape index (κ1) is 19.4. The van der Waals surface area contributed by atoms with E-state index in [0.717, 1.165) is 28.3 Å². The van der Waals surface area contributed by atoms with Crippen molar-refractivity contribution in [2.45, 2.75) is 13.5 Å². The number of aryl methyl sites for hydroxylation is 1. The summed E-state index contributed by atoms with van der Waals surface area (Å²) in [6.07, 6.45) is 0. The monoisotopic (exact) mass is 413 g/mol. The molecule has 1 amide bonds. The molecule has 0 bridgehead atoms. The summed E-state index contributed by atoms with van der Waals surface area (Å²) in [5.41, 5.74) is 7.31. The molecule has 2 aromatic carbocycles. The Hall–Kier alpha value is -2.94. The largest absolute Gasteiger partial charge is 0.394 e. The van der Waals surface area contributed by atoms with Crippen molar-refractivity contribution in [1.29, 1.82) is 0 Å². The van der Waals surface area contributed by atoms with E-state index >= 15 is 0 Å². The van der Waals surface area contributed by atoms with Crippen molar-refractivity contribution in [2.75, 3.05) is 24.7 Å². The molecule has 1 aliphatic heterocycles. The minimum absolute atomic E-state index is 0.0254. The zero-order valence-electron chi connectivity index (χ0n) is 15.8. The molecule has 0 saturated heterocycles. The second-order valence-corrected chi connectivity index (χ2v) is 7.05. The maximum Gasteiger partial charge on any atom is 0.274 e. The van der Waals surface area contributed by atoms with Crippen molar-refractivity contribution in [3.63, 3.8) is 0 Å². The minimum Gasteiger partial charge on any atom is -0.394 e. The third-order valence-corrected chi connectivity index (χ3v) is 4.99. The van der Waals surface area contributed by atoms with Gasteiger partial charge < -0.3 is 10.0 Å². The molecule has 0 saturated carbocycles. The van der Waals surface area contributed by atoms with Crippen LogP contribution in [0.2, 0.25) is 5.02 Å². The molecule has 9 heteroatoms. The predicted molar refractivity (Wildman–Crippen MR) is 109 cm³/mol. The molecule has 0 fully saturated rings. The quantitative estimate of drug-likeness (QED) is 0.493. The Morgan fingerprint density at radius 1 is 1.24 bits per heavy atom. The van der Waals surface area contributed by atoms with Gasteiger partial charge in [0.15, 0.2) is 0 Å². The average molecular weight is 414 g/mol. The average Bonchev–Trinajstić information content (AvgIpc) is 3.00. The number of aliphatic hydroxyl groups excluding tert-OH is 1. The van der Waals surface area contributed by atoms with Crippen LogP contribution in [0.15, 0.2) is 42.5 Å². The van der Waals surface area contributed by atoms with Crippen LogP contribution in [0.4, 0.5) is 11.4 Å². The fraction of sp³-hybridized carbons (Fsp3) is 0.250. The molecule has 29 heavy (non-hydrogen) atoms. The zero-order valence-corrected chi connectivity index (χ0v) is 16.6. The molecule has 0 atom stereocenters. The van der Waals surface area contributed by atoms with Crippen LogP contribution in [0, 0.1) is 6.92 Å². The predicted octanol–water partition coefficient (Wildman–Crippen LogP) is 2.71. The van der Waals surface area contributed by atoms with E-state index in [4.69, 9.17) is 21.5 Å². The van der Waals surface area contributed by atoms with Crippen molar-refractivity contribution < 1.29 is 14.7 Å². The van der Waals surface area contributed by atoms with Gasteiger partial charge in [-0.2, -0.15) is 0 Å². The van der Waals surface area contributed by atoms with Gasteiger partial charge in [0.2, 0.25) is 0 Å². The Labute approximate surface area is 172 Å². The third-order valence-electron chi connectivity index (χ3n) is 4.74. The highest BCUT2D eigenvalue weighted by atomic mass is 35.5. The smallest absolute Gasteiger partial charge is 0.274 e. The van der Waals surface area contributed by atoms with Crippen LogP contribution in [0.25, 0.3) is 11.3 Å². The fourth-order valence-electron chi connectivity index (χ4n) is 3.41. The molecule has 0 spiro atoms. The molecule has 8 nitrogen and oxygen atoms in total. The topological polar surface area (TPSA) is 92.5 Å². The number of hydroxylamine groups is 1. The van der Waals surface area contributed by atoms with Gasteiger partial charge in [-0.25, -0.2) is 10.2 Å². The van der Waals surface area contributed by atoms with E-state index in [0.29, 0.717) is 23.7 Å². The molecule has 2 N–H and O–H groups in total. The summed E-state index contributed by atoms with van der Waals surface area (Å²) in [6.45, 7) is 3.07. The number of hydrogen-bond acceptors (Lipinski definition) is 6. The molecule has 1 aliphatic rings. The van der Waals surface area contributed by atoms with Crippen LogP contribution in [0.5, 0.6) is 0 Å². The first-order chi connectivity index (χ1) is 14.1. The van der Waals surface area contributed by atoms with E-state index in [1.807, 2.05) is 48.0 Å².